The smallest absolute Gasteiger partial charge is 0.189 e. The molecule has 0 bridgehead atoms. The fraction of sp³-hybridized carbons (Fsp3) is 0.250. The van der Waals surface area contributed by atoms with Crippen molar-refractivity contribution in [2.24, 2.45) is 0 Å². The molecule has 20 heavy (non-hydrogen) atoms. The fourth-order valence-corrected chi connectivity index (χ4v) is 1.98. The minimum Gasteiger partial charge on any atom is -0.466 e. The summed E-state index contributed by atoms with van der Waals surface area (Å²) in [4.78, 5) is 0. The Balaban J connectivity index is 1.82. The summed E-state index contributed by atoms with van der Waals surface area (Å²) in [5.74, 6) is 0.545. The van der Waals surface area contributed by atoms with Gasteiger partial charge in [0.2, 0.25) is 0 Å². The summed E-state index contributed by atoms with van der Waals surface area (Å²) in [6, 6.07) is 15.1. The summed E-state index contributed by atoms with van der Waals surface area (Å²) in [7, 11) is 0. The van der Waals surface area contributed by atoms with Gasteiger partial charge in [-0.2, -0.15) is 0 Å². The molecule has 0 amide bonds. The van der Waals surface area contributed by atoms with E-state index in [1.54, 1.807) is 25.1 Å². The third-order valence-corrected chi connectivity index (χ3v) is 3.14. The predicted octanol–water partition coefficient (Wildman–Crippen LogP) is 3.95. The Labute approximate surface area is 123 Å². The second-order valence-corrected chi connectivity index (χ2v) is 4.87. The van der Waals surface area contributed by atoms with Crippen LogP contribution in [-0.4, -0.2) is 11.9 Å². The van der Waals surface area contributed by atoms with Gasteiger partial charge >= 0.3 is 0 Å². The van der Waals surface area contributed by atoms with E-state index >= 15 is 0 Å². The molecule has 0 radical (unpaired) electrons. The van der Waals surface area contributed by atoms with Gasteiger partial charge in [0.1, 0.15) is 5.75 Å². The van der Waals surface area contributed by atoms with E-state index < -0.39 is 6.10 Å². The average Bonchev–Trinajstić information content (AvgIpc) is 2.46. The van der Waals surface area contributed by atoms with Gasteiger partial charge in [0.25, 0.3) is 0 Å². The summed E-state index contributed by atoms with van der Waals surface area (Å²) in [5.41, 5.74) is 1.85. The molecule has 0 unspecified atom stereocenters. The van der Waals surface area contributed by atoms with Crippen molar-refractivity contribution in [2.75, 3.05) is 6.79 Å². The topological polar surface area (TPSA) is 38.7 Å². The highest BCUT2D eigenvalue weighted by atomic mass is 35.5. The molecule has 0 aromatic heterocycles. The van der Waals surface area contributed by atoms with Crippen LogP contribution in [0.2, 0.25) is 5.02 Å². The molecule has 0 aliphatic rings. The molecule has 3 nitrogen and oxygen atoms in total. The van der Waals surface area contributed by atoms with Crippen LogP contribution in [-0.2, 0) is 11.3 Å². The van der Waals surface area contributed by atoms with Crippen molar-refractivity contribution in [1.29, 1.82) is 0 Å². The largest absolute Gasteiger partial charge is 0.466 e. The van der Waals surface area contributed by atoms with Gasteiger partial charge in [0.15, 0.2) is 6.79 Å². The van der Waals surface area contributed by atoms with E-state index in [4.69, 9.17) is 21.1 Å². The molecule has 2 aromatic carbocycles. The van der Waals surface area contributed by atoms with E-state index in [0.29, 0.717) is 17.4 Å². The molecule has 0 aliphatic heterocycles. The maximum Gasteiger partial charge on any atom is 0.189 e. The average molecular weight is 293 g/mol. The number of aliphatic hydroxyl groups is 1. The SMILES string of the molecule is C[C@H](O)c1ccc(OCOCc2ccccc2)c(Cl)c1. The van der Waals surface area contributed by atoms with Gasteiger partial charge in [-0.25, -0.2) is 0 Å². The van der Waals surface area contributed by atoms with Gasteiger partial charge in [-0.15, -0.1) is 0 Å². The van der Waals surface area contributed by atoms with Gasteiger partial charge < -0.3 is 14.6 Å². The monoisotopic (exact) mass is 292 g/mol. The molecular formula is C16H17ClO3. The van der Waals surface area contributed by atoms with Gasteiger partial charge in [-0.05, 0) is 30.2 Å². The lowest BCUT2D eigenvalue weighted by Gasteiger charge is -2.11. The highest BCUT2D eigenvalue weighted by molar-refractivity contribution is 6.32. The molecule has 2 aromatic rings. The zero-order valence-corrected chi connectivity index (χ0v) is 12.0. The van der Waals surface area contributed by atoms with Gasteiger partial charge in [0, 0.05) is 0 Å². The van der Waals surface area contributed by atoms with Crippen molar-refractivity contribution in [1.82, 2.24) is 0 Å². The van der Waals surface area contributed by atoms with Gasteiger partial charge in [-0.1, -0.05) is 48.0 Å². The molecule has 0 saturated carbocycles. The third-order valence-electron chi connectivity index (χ3n) is 2.85. The molecule has 1 N–H and O–H groups in total. The van der Waals surface area contributed by atoms with E-state index in [1.807, 2.05) is 30.3 Å². The summed E-state index contributed by atoms with van der Waals surface area (Å²) in [6.45, 7) is 2.31. The highest BCUT2D eigenvalue weighted by Crippen LogP contribution is 2.27. The molecule has 0 fully saturated rings. The van der Waals surface area contributed by atoms with Crippen molar-refractivity contribution < 1.29 is 14.6 Å². The number of rotatable bonds is 6. The van der Waals surface area contributed by atoms with Crippen LogP contribution in [0.3, 0.4) is 0 Å². The van der Waals surface area contributed by atoms with Crippen LogP contribution >= 0.6 is 11.6 Å². The minimum absolute atomic E-state index is 0.128. The van der Waals surface area contributed by atoms with Crippen molar-refractivity contribution >= 4 is 11.6 Å². The molecule has 1 atom stereocenters. The number of hydrogen-bond acceptors (Lipinski definition) is 3. The first-order valence-electron chi connectivity index (χ1n) is 6.39. The maximum absolute atomic E-state index is 9.46. The van der Waals surface area contributed by atoms with Crippen LogP contribution in [0.5, 0.6) is 5.75 Å². The van der Waals surface area contributed by atoms with Crippen molar-refractivity contribution in [3.8, 4) is 5.75 Å². The lowest BCUT2D eigenvalue weighted by Crippen LogP contribution is -2.03. The quantitative estimate of drug-likeness (QED) is 0.647. The predicted molar refractivity (Wildman–Crippen MR) is 78.8 cm³/mol. The highest BCUT2D eigenvalue weighted by Gasteiger charge is 2.06. The summed E-state index contributed by atoms with van der Waals surface area (Å²) in [5, 5.41) is 9.92. The number of ether oxygens (including phenoxy) is 2. The zero-order valence-electron chi connectivity index (χ0n) is 11.3. The van der Waals surface area contributed by atoms with Crippen LogP contribution in [0.25, 0.3) is 0 Å². The summed E-state index contributed by atoms with van der Waals surface area (Å²) < 4.78 is 10.9. The Morgan fingerprint density at radius 2 is 1.90 bits per heavy atom. The van der Waals surface area contributed by atoms with Crippen molar-refractivity contribution in [2.45, 2.75) is 19.6 Å². The maximum atomic E-state index is 9.46. The molecule has 0 saturated heterocycles. The van der Waals surface area contributed by atoms with E-state index in [0.717, 1.165) is 11.1 Å². The molecule has 0 heterocycles. The van der Waals surface area contributed by atoms with Crippen molar-refractivity contribution in [3.63, 3.8) is 0 Å². The lowest BCUT2D eigenvalue weighted by molar-refractivity contribution is 0.00507. The van der Waals surface area contributed by atoms with Crippen LogP contribution in [0, 0.1) is 0 Å². The standard InChI is InChI=1S/C16H17ClO3/c1-12(18)14-7-8-16(15(17)9-14)20-11-19-10-13-5-3-2-4-6-13/h2-9,12,18H,10-11H2,1H3/t12-/m0/s1. The number of hydrogen-bond donors (Lipinski definition) is 1. The Bertz CT molecular complexity index is 541. The number of aliphatic hydroxyl groups excluding tert-OH is 1. The summed E-state index contributed by atoms with van der Waals surface area (Å²) in [6.07, 6.45) is -0.545. The van der Waals surface area contributed by atoms with E-state index in [1.165, 1.54) is 0 Å². The molecule has 106 valence electrons. The molecule has 0 aliphatic carbocycles. The van der Waals surface area contributed by atoms with E-state index in [9.17, 15) is 5.11 Å². The molecule has 2 rings (SSSR count). The Morgan fingerprint density at radius 1 is 1.15 bits per heavy atom. The first-order chi connectivity index (χ1) is 9.66. The normalized spacial score (nSPS) is 12.2. The first-order valence-corrected chi connectivity index (χ1v) is 6.76. The van der Waals surface area contributed by atoms with Crippen LogP contribution < -0.4 is 4.74 Å². The van der Waals surface area contributed by atoms with E-state index in [-0.39, 0.29) is 6.79 Å². The van der Waals surface area contributed by atoms with Crippen molar-refractivity contribution in [3.05, 3.63) is 64.7 Å². The number of benzene rings is 2. The van der Waals surface area contributed by atoms with Crippen LogP contribution in [0.15, 0.2) is 48.5 Å². The van der Waals surface area contributed by atoms with Crippen LogP contribution in [0.1, 0.15) is 24.2 Å². The van der Waals surface area contributed by atoms with Crippen LogP contribution in [0.4, 0.5) is 0 Å². The minimum atomic E-state index is -0.545. The third kappa shape index (κ3) is 4.23. The van der Waals surface area contributed by atoms with Gasteiger partial charge in [-0.3, -0.25) is 0 Å². The Hall–Kier alpha value is -1.55. The molecule has 4 heteroatoms. The number of halogens is 1. The lowest BCUT2D eigenvalue weighted by atomic mass is 10.1. The fourth-order valence-electron chi connectivity index (χ4n) is 1.73. The zero-order chi connectivity index (χ0) is 14.4. The molecular weight excluding hydrogens is 276 g/mol. The van der Waals surface area contributed by atoms with E-state index in [2.05, 4.69) is 0 Å². The first kappa shape index (κ1) is 14.9. The second-order valence-electron chi connectivity index (χ2n) is 4.46. The second kappa shape index (κ2) is 7.29. The molecule has 0 spiro atoms. The summed E-state index contributed by atoms with van der Waals surface area (Å²) >= 11 is 6.08. The Kier molecular flexibility index (Phi) is 5.41. The van der Waals surface area contributed by atoms with Gasteiger partial charge in [0.05, 0.1) is 17.7 Å². The Morgan fingerprint density at radius 3 is 2.55 bits per heavy atom.